The maximum atomic E-state index is 8.98. The van der Waals surface area contributed by atoms with Crippen LogP contribution >= 0.6 is 0 Å². The molecule has 0 N–H and O–H groups in total. The third kappa shape index (κ3) is 1.77. The van der Waals surface area contributed by atoms with Gasteiger partial charge < -0.3 is 4.74 Å². The highest BCUT2D eigenvalue weighted by Crippen LogP contribution is 2.27. The van der Waals surface area contributed by atoms with Gasteiger partial charge in [0.25, 0.3) is 0 Å². The molecule has 14 heavy (non-hydrogen) atoms. The second-order valence-electron chi connectivity index (χ2n) is 2.88. The van der Waals surface area contributed by atoms with Crippen molar-refractivity contribution in [2.45, 2.75) is 5.92 Å². The van der Waals surface area contributed by atoms with Crippen LogP contribution in [0.25, 0.3) is 0 Å². The van der Waals surface area contributed by atoms with E-state index in [4.69, 9.17) is 10.00 Å². The van der Waals surface area contributed by atoms with Crippen molar-refractivity contribution < 1.29 is 4.74 Å². The molecule has 0 saturated carbocycles. The number of hydrogen-bond acceptors (Lipinski definition) is 2. The Morgan fingerprint density at radius 2 is 2.29 bits per heavy atom. The van der Waals surface area contributed by atoms with E-state index < -0.39 is 0 Å². The van der Waals surface area contributed by atoms with Gasteiger partial charge in [-0.15, -0.1) is 6.58 Å². The number of benzene rings is 1. The van der Waals surface area contributed by atoms with Crippen molar-refractivity contribution in [3.05, 3.63) is 48.9 Å². The van der Waals surface area contributed by atoms with Crippen molar-refractivity contribution in [1.82, 2.24) is 0 Å². The fourth-order valence-corrected chi connectivity index (χ4v) is 1.27. The molecule has 0 amide bonds. The lowest BCUT2D eigenvalue weighted by molar-refractivity contribution is 0.413. The van der Waals surface area contributed by atoms with Crippen molar-refractivity contribution in [3.63, 3.8) is 0 Å². The zero-order valence-corrected chi connectivity index (χ0v) is 8.16. The zero-order valence-electron chi connectivity index (χ0n) is 8.16. The molecule has 0 bridgehead atoms. The first-order valence-corrected chi connectivity index (χ1v) is 4.27. The van der Waals surface area contributed by atoms with Crippen LogP contribution in [0.2, 0.25) is 0 Å². The van der Waals surface area contributed by atoms with Gasteiger partial charge in [-0.1, -0.05) is 18.2 Å². The summed E-state index contributed by atoms with van der Waals surface area (Å²) in [6.07, 6.45) is 1.70. The summed E-state index contributed by atoms with van der Waals surface area (Å²) in [5.41, 5.74) is 1.39. The lowest BCUT2D eigenvalue weighted by Crippen LogP contribution is -1.97. The number of nitrogens with zero attached hydrogens (tertiary/aromatic N) is 1. The third-order valence-electron chi connectivity index (χ3n) is 2.07. The largest absolute Gasteiger partial charge is 0.495 e. The van der Waals surface area contributed by atoms with Gasteiger partial charge >= 0.3 is 0 Å². The Labute approximate surface area is 84.4 Å². The number of allylic oxidation sites excluding steroid dienone is 1. The summed E-state index contributed by atoms with van der Waals surface area (Å²) in [4.78, 5) is 0. The van der Waals surface area contributed by atoms with Crippen molar-refractivity contribution >= 4 is 0 Å². The molecule has 0 aliphatic rings. The quantitative estimate of drug-likeness (QED) is 0.680. The van der Waals surface area contributed by atoms with Gasteiger partial charge in [-0.25, -0.2) is 0 Å². The Morgan fingerprint density at radius 1 is 1.57 bits per heavy atom. The molecular weight excluding hydrogens is 174 g/mol. The second-order valence-corrected chi connectivity index (χ2v) is 2.88. The topological polar surface area (TPSA) is 33.0 Å². The molecule has 2 nitrogen and oxygen atoms in total. The van der Waals surface area contributed by atoms with Crippen molar-refractivity contribution in [3.8, 4) is 11.8 Å². The number of methoxy groups -OCH3 is 1. The first-order valence-electron chi connectivity index (χ1n) is 4.27. The van der Waals surface area contributed by atoms with Gasteiger partial charge in [0.2, 0.25) is 0 Å². The number of hydrogen-bond donors (Lipinski definition) is 0. The van der Waals surface area contributed by atoms with Crippen molar-refractivity contribution in [2.24, 2.45) is 0 Å². The zero-order chi connectivity index (χ0) is 10.6. The molecule has 0 aliphatic heterocycles. The molecule has 0 spiro atoms. The predicted octanol–water partition coefficient (Wildman–Crippen LogP) is 2.67. The van der Waals surface area contributed by atoms with E-state index in [2.05, 4.69) is 19.6 Å². The summed E-state index contributed by atoms with van der Waals surface area (Å²) >= 11 is 0. The van der Waals surface area contributed by atoms with Crippen LogP contribution in [0.1, 0.15) is 17.0 Å². The average Bonchev–Trinajstić information content (AvgIpc) is 2.26. The highest BCUT2D eigenvalue weighted by atomic mass is 16.5. The molecule has 1 atom stereocenters. The summed E-state index contributed by atoms with van der Waals surface area (Å²) in [5, 5.41) is 8.98. The lowest BCUT2D eigenvalue weighted by Gasteiger charge is -2.11. The van der Waals surface area contributed by atoms with Crippen LogP contribution in [0.15, 0.2) is 30.9 Å². The van der Waals surface area contributed by atoms with E-state index in [1.807, 2.05) is 12.1 Å². The Hall–Kier alpha value is -1.75. The van der Waals surface area contributed by atoms with Gasteiger partial charge in [-0.2, -0.15) is 5.26 Å². The standard InChI is InChI=1S/C12H12NO/c1-4-9(2)10-6-5-7-12(14-3)11(10)8-13/h4-7,9H,1-2H2,3H3. The van der Waals surface area contributed by atoms with Gasteiger partial charge in [0.15, 0.2) is 0 Å². The van der Waals surface area contributed by atoms with Gasteiger partial charge in [-0.05, 0) is 18.6 Å². The fourth-order valence-electron chi connectivity index (χ4n) is 1.27. The normalized spacial score (nSPS) is 11.5. The lowest BCUT2D eigenvalue weighted by atomic mass is 9.96. The third-order valence-corrected chi connectivity index (χ3v) is 2.07. The molecule has 0 fully saturated rings. The molecule has 1 rings (SSSR count). The Morgan fingerprint density at radius 3 is 2.79 bits per heavy atom. The predicted molar refractivity (Wildman–Crippen MR) is 56.0 cm³/mol. The molecule has 1 unspecified atom stereocenters. The Kier molecular flexibility index (Phi) is 3.30. The number of rotatable bonds is 3. The van der Waals surface area contributed by atoms with Gasteiger partial charge in [0, 0.05) is 5.92 Å². The van der Waals surface area contributed by atoms with Gasteiger partial charge in [-0.3, -0.25) is 0 Å². The minimum absolute atomic E-state index is 0.0836. The monoisotopic (exact) mass is 186 g/mol. The molecular formula is C12H12NO. The molecule has 0 aliphatic carbocycles. The first kappa shape index (κ1) is 10.3. The van der Waals surface area contributed by atoms with E-state index in [9.17, 15) is 0 Å². The minimum atomic E-state index is -0.0836. The summed E-state index contributed by atoms with van der Waals surface area (Å²) in [7, 11) is 1.55. The van der Waals surface area contributed by atoms with Crippen LogP contribution in [0, 0.1) is 18.3 Å². The van der Waals surface area contributed by atoms with Crippen LogP contribution in [0.4, 0.5) is 0 Å². The molecule has 2 heteroatoms. The maximum absolute atomic E-state index is 8.98. The molecule has 1 aromatic carbocycles. The van der Waals surface area contributed by atoms with Crippen LogP contribution < -0.4 is 4.74 Å². The molecule has 1 aromatic rings. The van der Waals surface area contributed by atoms with Crippen molar-refractivity contribution in [1.29, 1.82) is 5.26 Å². The average molecular weight is 186 g/mol. The first-order chi connectivity index (χ1) is 6.74. The molecule has 1 radical (unpaired) electrons. The van der Waals surface area contributed by atoms with Crippen LogP contribution in [-0.2, 0) is 0 Å². The van der Waals surface area contributed by atoms with Gasteiger partial charge in [0.1, 0.15) is 11.8 Å². The maximum Gasteiger partial charge on any atom is 0.136 e. The number of nitriles is 1. The second kappa shape index (κ2) is 4.48. The smallest absolute Gasteiger partial charge is 0.136 e. The summed E-state index contributed by atoms with van der Waals surface area (Å²) in [6.45, 7) is 7.54. The van der Waals surface area contributed by atoms with Gasteiger partial charge in [0.05, 0.1) is 12.7 Å². The number of ether oxygens (including phenoxy) is 1. The molecule has 0 aromatic heterocycles. The fraction of sp³-hybridized carbons (Fsp3) is 0.167. The molecule has 0 saturated heterocycles. The Balaban J connectivity index is 3.30. The summed E-state index contributed by atoms with van der Waals surface area (Å²) in [5.74, 6) is 0.500. The van der Waals surface area contributed by atoms with Crippen LogP contribution in [0.3, 0.4) is 0 Å². The van der Waals surface area contributed by atoms with E-state index in [1.54, 1.807) is 19.3 Å². The molecule has 71 valence electrons. The highest BCUT2D eigenvalue weighted by Gasteiger charge is 2.11. The minimum Gasteiger partial charge on any atom is -0.495 e. The van der Waals surface area contributed by atoms with E-state index in [0.29, 0.717) is 11.3 Å². The summed E-state index contributed by atoms with van der Waals surface area (Å²) in [6, 6.07) is 7.58. The SMILES string of the molecule is [CH2]C(C=C)c1cccc(OC)c1C#N. The van der Waals surface area contributed by atoms with Crippen LogP contribution in [-0.4, -0.2) is 7.11 Å². The highest BCUT2D eigenvalue weighted by molar-refractivity contribution is 5.51. The summed E-state index contributed by atoms with van der Waals surface area (Å²) < 4.78 is 5.09. The van der Waals surface area contributed by atoms with Crippen LogP contribution in [0.5, 0.6) is 5.75 Å². The van der Waals surface area contributed by atoms with E-state index in [0.717, 1.165) is 5.56 Å². The van der Waals surface area contributed by atoms with E-state index in [-0.39, 0.29) is 5.92 Å². The molecule has 0 heterocycles. The van der Waals surface area contributed by atoms with E-state index in [1.165, 1.54) is 0 Å². The van der Waals surface area contributed by atoms with E-state index >= 15 is 0 Å². The Bertz CT molecular complexity index is 376. The van der Waals surface area contributed by atoms with Crippen molar-refractivity contribution in [2.75, 3.05) is 7.11 Å².